The lowest BCUT2D eigenvalue weighted by Gasteiger charge is -2.04. The molecule has 0 fully saturated rings. The van der Waals surface area contributed by atoms with Crippen LogP contribution in [0.4, 0.5) is 0 Å². The molecule has 0 heterocycles. The minimum absolute atomic E-state index is 0.178. The van der Waals surface area contributed by atoms with E-state index >= 15 is 0 Å². The van der Waals surface area contributed by atoms with Gasteiger partial charge in [0, 0.05) is 6.42 Å². The van der Waals surface area contributed by atoms with Gasteiger partial charge in [-0.1, -0.05) is 122 Å². The quantitative estimate of drug-likeness (QED) is 0.104. The van der Waals surface area contributed by atoms with Crippen molar-refractivity contribution in [3.8, 4) is 0 Å². The molecule has 0 amide bonds. The van der Waals surface area contributed by atoms with Crippen LogP contribution in [0.1, 0.15) is 142 Å². The summed E-state index contributed by atoms with van der Waals surface area (Å²) in [4.78, 5) is 16.5. The molecule has 0 aromatic heterocycles. The van der Waals surface area contributed by atoms with Gasteiger partial charge < -0.3 is 9.94 Å². The van der Waals surface area contributed by atoms with Crippen LogP contribution in [0.25, 0.3) is 0 Å². The molecule has 0 saturated heterocycles. The maximum atomic E-state index is 11.3. The van der Waals surface area contributed by atoms with E-state index in [1.807, 2.05) is 0 Å². The van der Waals surface area contributed by atoms with E-state index in [9.17, 15) is 9.90 Å². The Morgan fingerprint density at radius 2 is 1.00 bits per heavy atom. The summed E-state index contributed by atoms with van der Waals surface area (Å²) in [6, 6.07) is 0. The molecule has 0 atom stereocenters. The van der Waals surface area contributed by atoms with Crippen molar-refractivity contribution in [3.63, 3.8) is 0 Å². The van der Waals surface area contributed by atoms with Crippen molar-refractivity contribution in [2.75, 3.05) is 6.61 Å². The molecule has 0 aliphatic rings. The number of carbonyl (C=O) groups is 1. The average Bonchev–Trinajstić information content (AvgIpc) is 2.71. The number of carboxylic acids is 1. The number of unbranched alkanes of at least 4 members (excludes halogenated alkanes) is 17. The number of hydrogen-bond acceptors (Lipinski definition) is 3. The number of oxime groups is 1. The topological polar surface area (TPSA) is 58.9 Å². The summed E-state index contributed by atoms with van der Waals surface area (Å²) in [6.07, 6.45) is 24.5. The molecule has 0 aliphatic heterocycles. The van der Waals surface area contributed by atoms with Crippen molar-refractivity contribution in [3.05, 3.63) is 0 Å². The Bertz CT molecular complexity index is 382. The maximum Gasteiger partial charge on any atom is 0.353 e. The Kier molecular flexibility index (Phi) is 22.4. The van der Waals surface area contributed by atoms with Crippen LogP contribution in [0.5, 0.6) is 0 Å². The smallest absolute Gasteiger partial charge is 0.353 e. The normalized spacial score (nSPS) is 11.7. The van der Waals surface area contributed by atoms with Gasteiger partial charge in [0.25, 0.3) is 0 Å². The first-order valence-corrected chi connectivity index (χ1v) is 12.6. The predicted octanol–water partition coefficient (Wildman–Crippen LogP) is 8.29. The number of nitrogens with zero attached hydrogens (tertiary/aromatic N) is 1. The minimum atomic E-state index is -0.939. The highest BCUT2D eigenvalue weighted by molar-refractivity contribution is 6.35. The fourth-order valence-corrected chi connectivity index (χ4v) is 3.57. The van der Waals surface area contributed by atoms with Gasteiger partial charge in [-0.3, -0.25) is 0 Å². The largest absolute Gasteiger partial charge is 0.477 e. The van der Waals surface area contributed by atoms with Crippen molar-refractivity contribution in [1.82, 2.24) is 0 Å². The molecule has 0 saturated carbocycles. The zero-order valence-electron chi connectivity index (χ0n) is 19.6. The van der Waals surface area contributed by atoms with Crippen LogP contribution in [0.15, 0.2) is 5.16 Å². The van der Waals surface area contributed by atoms with Gasteiger partial charge in [0.2, 0.25) is 0 Å². The Balaban J connectivity index is 3.48. The molecule has 172 valence electrons. The molecule has 4 heteroatoms. The Labute approximate surface area is 180 Å². The van der Waals surface area contributed by atoms with Crippen molar-refractivity contribution in [2.24, 2.45) is 5.16 Å². The molecule has 0 bridgehead atoms. The third kappa shape index (κ3) is 21.5. The van der Waals surface area contributed by atoms with Gasteiger partial charge >= 0.3 is 5.97 Å². The molecule has 0 aromatic carbocycles. The van der Waals surface area contributed by atoms with Crippen LogP contribution in [0.2, 0.25) is 0 Å². The number of rotatable bonds is 23. The van der Waals surface area contributed by atoms with Gasteiger partial charge in [-0.15, -0.1) is 0 Å². The van der Waals surface area contributed by atoms with Gasteiger partial charge in [0.05, 0.1) is 0 Å². The first-order chi connectivity index (χ1) is 14.2. The highest BCUT2D eigenvalue weighted by Crippen LogP contribution is 2.13. The molecule has 0 spiro atoms. The standard InChI is InChI=1S/C25H49NO3/c1-3-5-7-9-10-11-12-13-14-15-16-17-18-20-22-24(25(27)28)26-29-23-21-19-8-6-4-2/h3-23H2,1-2H3,(H,27,28)/b26-24-. The van der Waals surface area contributed by atoms with Gasteiger partial charge in [0.1, 0.15) is 6.61 Å². The van der Waals surface area contributed by atoms with Gasteiger partial charge in [0.15, 0.2) is 5.71 Å². The summed E-state index contributed by atoms with van der Waals surface area (Å²) in [7, 11) is 0. The maximum absolute atomic E-state index is 11.3. The fraction of sp³-hybridized carbons (Fsp3) is 0.920. The number of carboxylic acid groups (broad SMARTS) is 1. The Hall–Kier alpha value is -1.06. The van der Waals surface area contributed by atoms with Gasteiger partial charge in [-0.2, -0.15) is 0 Å². The minimum Gasteiger partial charge on any atom is -0.477 e. The molecular weight excluding hydrogens is 362 g/mol. The molecule has 4 nitrogen and oxygen atoms in total. The first-order valence-electron chi connectivity index (χ1n) is 12.6. The Morgan fingerprint density at radius 3 is 1.41 bits per heavy atom. The molecule has 0 radical (unpaired) electrons. The highest BCUT2D eigenvalue weighted by atomic mass is 16.6. The SMILES string of the molecule is CCCCCCCCCCCCCCCC/C(=N/OCCCCCCC)C(=O)O. The van der Waals surface area contributed by atoms with Crippen molar-refractivity contribution < 1.29 is 14.7 Å². The lowest BCUT2D eigenvalue weighted by molar-refractivity contribution is -0.129. The van der Waals surface area contributed by atoms with E-state index in [2.05, 4.69) is 19.0 Å². The van der Waals surface area contributed by atoms with Crippen LogP contribution in [-0.2, 0) is 9.63 Å². The van der Waals surface area contributed by atoms with E-state index < -0.39 is 5.97 Å². The van der Waals surface area contributed by atoms with Gasteiger partial charge in [-0.05, 0) is 19.3 Å². The summed E-state index contributed by atoms with van der Waals surface area (Å²) >= 11 is 0. The summed E-state index contributed by atoms with van der Waals surface area (Å²) in [5.74, 6) is -0.939. The summed E-state index contributed by atoms with van der Waals surface area (Å²) in [5, 5.41) is 13.1. The third-order valence-electron chi connectivity index (χ3n) is 5.53. The third-order valence-corrected chi connectivity index (χ3v) is 5.53. The first kappa shape index (κ1) is 27.9. The molecule has 0 aromatic rings. The zero-order chi connectivity index (χ0) is 21.4. The summed E-state index contributed by atoms with van der Waals surface area (Å²) < 4.78 is 0. The van der Waals surface area contributed by atoms with Crippen molar-refractivity contribution in [2.45, 2.75) is 142 Å². The van der Waals surface area contributed by atoms with E-state index in [-0.39, 0.29) is 5.71 Å². The van der Waals surface area contributed by atoms with E-state index in [0.29, 0.717) is 13.0 Å². The van der Waals surface area contributed by atoms with Crippen LogP contribution >= 0.6 is 0 Å². The second-order valence-electron chi connectivity index (χ2n) is 8.44. The zero-order valence-corrected chi connectivity index (χ0v) is 19.6. The Morgan fingerprint density at radius 1 is 0.621 bits per heavy atom. The van der Waals surface area contributed by atoms with E-state index in [0.717, 1.165) is 25.7 Å². The molecule has 29 heavy (non-hydrogen) atoms. The van der Waals surface area contributed by atoms with Crippen LogP contribution in [0, 0.1) is 0 Å². The second kappa shape index (κ2) is 23.2. The average molecular weight is 412 g/mol. The molecule has 0 aliphatic carbocycles. The highest BCUT2D eigenvalue weighted by Gasteiger charge is 2.09. The van der Waals surface area contributed by atoms with E-state index in [4.69, 9.17) is 4.84 Å². The molecule has 0 rings (SSSR count). The predicted molar refractivity (Wildman–Crippen MR) is 125 cm³/mol. The molecule has 1 N–H and O–H groups in total. The number of aliphatic carboxylic acids is 1. The van der Waals surface area contributed by atoms with Crippen molar-refractivity contribution >= 4 is 11.7 Å². The van der Waals surface area contributed by atoms with Crippen LogP contribution < -0.4 is 0 Å². The van der Waals surface area contributed by atoms with Crippen LogP contribution in [0.3, 0.4) is 0 Å². The number of hydrogen-bond donors (Lipinski definition) is 1. The van der Waals surface area contributed by atoms with E-state index in [1.54, 1.807) is 0 Å². The van der Waals surface area contributed by atoms with Crippen molar-refractivity contribution in [1.29, 1.82) is 0 Å². The molecular formula is C25H49NO3. The van der Waals surface area contributed by atoms with E-state index in [1.165, 1.54) is 96.3 Å². The summed E-state index contributed by atoms with van der Waals surface area (Å²) in [5.41, 5.74) is 0.178. The van der Waals surface area contributed by atoms with Gasteiger partial charge in [-0.25, -0.2) is 4.79 Å². The fourth-order valence-electron chi connectivity index (χ4n) is 3.57. The lowest BCUT2D eigenvalue weighted by atomic mass is 10.0. The molecule has 0 unspecified atom stereocenters. The monoisotopic (exact) mass is 411 g/mol. The van der Waals surface area contributed by atoms with Crippen LogP contribution in [-0.4, -0.2) is 23.4 Å². The summed E-state index contributed by atoms with van der Waals surface area (Å²) in [6.45, 7) is 4.99. The lowest BCUT2D eigenvalue weighted by Crippen LogP contribution is -2.13. The second-order valence-corrected chi connectivity index (χ2v) is 8.44.